The van der Waals surface area contributed by atoms with E-state index in [4.69, 9.17) is 4.74 Å². The number of hydrogen-bond donors (Lipinski definition) is 3. The number of aliphatic hydroxyl groups excluding tert-OH is 1. The van der Waals surface area contributed by atoms with Crippen molar-refractivity contribution in [1.29, 1.82) is 0 Å². The number of ether oxygens (including phenoxy) is 1. The van der Waals surface area contributed by atoms with E-state index in [1.54, 1.807) is 0 Å². The lowest BCUT2D eigenvalue weighted by molar-refractivity contribution is -0.919. The standard InChI is InChI=1S/C18H23N3O3/c1-2-24-12-14(22)10-21-9-8-16-15(11-21)18(23)20-17(19-16)13-6-4-3-5-7-13/h3-7,14,22H,2,8-12H2,1H3,(H,19,20,23)/p+1/t14-/m1/s1. The summed E-state index contributed by atoms with van der Waals surface area (Å²) in [5, 5.41) is 10.00. The van der Waals surface area contributed by atoms with Gasteiger partial charge in [0.15, 0.2) is 0 Å². The minimum atomic E-state index is -0.503. The summed E-state index contributed by atoms with van der Waals surface area (Å²) in [5.74, 6) is 0.624. The first-order valence-electron chi connectivity index (χ1n) is 8.44. The maximum atomic E-state index is 12.5. The number of benzene rings is 1. The predicted octanol–water partition coefficient (Wildman–Crippen LogP) is -0.225. The van der Waals surface area contributed by atoms with Gasteiger partial charge in [0.05, 0.1) is 24.4 Å². The third-order valence-electron chi connectivity index (χ3n) is 4.33. The van der Waals surface area contributed by atoms with Gasteiger partial charge < -0.3 is 19.7 Å². The molecular formula is C18H24N3O3+. The number of aromatic amines is 1. The zero-order valence-electron chi connectivity index (χ0n) is 13.9. The van der Waals surface area contributed by atoms with Crippen molar-refractivity contribution >= 4 is 0 Å². The summed E-state index contributed by atoms with van der Waals surface area (Å²) < 4.78 is 5.25. The molecule has 2 heterocycles. The highest BCUT2D eigenvalue weighted by Crippen LogP contribution is 2.14. The molecule has 0 spiro atoms. The maximum Gasteiger partial charge on any atom is 0.260 e. The molecule has 1 aliphatic heterocycles. The molecule has 0 fully saturated rings. The van der Waals surface area contributed by atoms with Crippen LogP contribution in [0.4, 0.5) is 0 Å². The number of nitrogens with zero attached hydrogens (tertiary/aromatic N) is 1. The Morgan fingerprint density at radius 3 is 2.92 bits per heavy atom. The Balaban J connectivity index is 1.75. The van der Waals surface area contributed by atoms with Gasteiger partial charge in [-0.1, -0.05) is 30.3 Å². The van der Waals surface area contributed by atoms with Gasteiger partial charge in [-0.15, -0.1) is 0 Å². The van der Waals surface area contributed by atoms with Crippen molar-refractivity contribution in [3.63, 3.8) is 0 Å². The Hall–Kier alpha value is -2.02. The lowest BCUT2D eigenvalue weighted by atomic mass is 10.1. The number of nitrogens with one attached hydrogen (secondary N) is 2. The Kier molecular flexibility index (Phi) is 5.40. The van der Waals surface area contributed by atoms with Gasteiger partial charge in [0.2, 0.25) is 0 Å². The van der Waals surface area contributed by atoms with Crippen molar-refractivity contribution in [2.75, 3.05) is 26.3 Å². The largest absolute Gasteiger partial charge is 0.385 e. The van der Waals surface area contributed by atoms with E-state index >= 15 is 0 Å². The second kappa shape index (κ2) is 7.70. The predicted molar refractivity (Wildman–Crippen MR) is 90.9 cm³/mol. The van der Waals surface area contributed by atoms with Crippen LogP contribution in [0.3, 0.4) is 0 Å². The van der Waals surface area contributed by atoms with Crippen molar-refractivity contribution in [2.24, 2.45) is 0 Å². The van der Waals surface area contributed by atoms with Gasteiger partial charge in [0.25, 0.3) is 5.56 Å². The normalized spacial score (nSPS) is 18.2. The van der Waals surface area contributed by atoms with Crippen LogP contribution in [-0.2, 0) is 17.7 Å². The van der Waals surface area contributed by atoms with Crippen LogP contribution in [0.1, 0.15) is 18.2 Å². The Morgan fingerprint density at radius 1 is 1.38 bits per heavy atom. The number of fused-ring (bicyclic) bond motifs is 1. The first-order chi connectivity index (χ1) is 11.7. The number of H-pyrrole nitrogens is 1. The highest BCUT2D eigenvalue weighted by Gasteiger charge is 2.26. The van der Waals surface area contributed by atoms with E-state index in [0.717, 1.165) is 29.8 Å². The molecule has 6 nitrogen and oxygen atoms in total. The van der Waals surface area contributed by atoms with Gasteiger partial charge in [-0.3, -0.25) is 4.79 Å². The Morgan fingerprint density at radius 2 is 2.17 bits per heavy atom. The van der Waals surface area contributed by atoms with E-state index < -0.39 is 6.10 Å². The third-order valence-corrected chi connectivity index (χ3v) is 4.33. The van der Waals surface area contributed by atoms with Crippen molar-refractivity contribution in [3.8, 4) is 11.4 Å². The minimum Gasteiger partial charge on any atom is -0.385 e. The first kappa shape index (κ1) is 16.8. The van der Waals surface area contributed by atoms with Gasteiger partial charge in [-0.25, -0.2) is 4.98 Å². The van der Waals surface area contributed by atoms with Crippen molar-refractivity contribution in [3.05, 3.63) is 51.9 Å². The maximum absolute atomic E-state index is 12.5. The molecule has 3 rings (SSSR count). The molecule has 2 atom stereocenters. The van der Waals surface area contributed by atoms with E-state index in [9.17, 15) is 9.90 Å². The molecule has 24 heavy (non-hydrogen) atoms. The van der Waals surface area contributed by atoms with Gasteiger partial charge in [0, 0.05) is 18.6 Å². The van der Waals surface area contributed by atoms with Crippen LogP contribution >= 0.6 is 0 Å². The summed E-state index contributed by atoms with van der Waals surface area (Å²) in [4.78, 5) is 21.2. The second-order valence-corrected chi connectivity index (χ2v) is 6.15. The molecule has 3 N–H and O–H groups in total. The molecule has 0 radical (unpaired) electrons. The average molecular weight is 330 g/mol. The monoisotopic (exact) mass is 330 g/mol. The summed E-state index contributed by atoms with van der Waals surface area (Å²) in [6.07, 6.45) is 0.243. The quantitative estimate of drug-likeness (QED) is 0.684. The summed E-state index contributed by atoms with van der Waals surface area (Å²) >= 11 is 0. The van der Waals surface area contributed by atoms with Gasteiger partial charge in [-0.2, -0.15) is 0 Å². The third kappa shape index (κ3) is 3.90. The van der Waals surface area contributed by atoms with Crippen molar-refractivity contribution < 1.29 is 14.7 Å². The molecule has 6 heteroatoms. The van der Waals surface area contributed by atoms with Gasteiger partial charge in [-0.05, 0) is 6.92 Å². The first-order valence-corrected chi connectivity index (χ1v) is 8.44. The van der Waals surface area contributed by atoms with Gasteiger partial charge >= 0.3 is 0 Å². The fourth-order valence-corrected chi connectivity index (χ4v) is 3.12. The van der Waals surface area contributed by atoms with Crippen LogP contribution in [0, 0.1) is 0 Å². The van der Waals surface area contributed by atoms with E-state index in [-0.39, 0.29) is 5.56 Å². The molecule has 1 unspecified atom stereocenters. The average Bonchev–Trinajstić information content (AvgIpc) is 2.61. The van der Waals surface area contributed by atoms with Crippen LogP contribution in [0.15, 0.2) is 35.1 Å². The highest BCUT2D eigenvalue weighted by molar-refractivity contribution is 5.54. The number of rotatable bonds is 6. The molecule has 0 bridgehead atoms. The van der Waals surface area contributed by atoms with Crippen LogP contribution in [-0.4, -0.2) is 47.5 Å². The zero-order chi connectivity index (χ0) is 16.9. The topological polar surface area (TPSA) is 79.7 Å². The molecular weight excluding hydrogens is 306 g/mol. The molecule has 1 aromatic heterocycles. The molecule has 128 valence electrons. The van der Waals surface area contributed by atoms with Crippen LogP contribution in [0.2, 0.25) is 0 Å². The summed E-state index contributed by atoms with van der Waals surface area (Å²) in [5.41, 5.74) is 2.45. The SMILES string of the molecule is CCOC[C@H](O)C[NH+]1CCc2nc(-c3ccccc3)[nH]c(=O)c2C1. The molecule has 0 aliphatic carbocycles. The van der Waals surface area contributed by atoms with Crippen molar-refractivity contribution in [2.45, 2.75) is 26.0 Å². The Labute approximate surface area is 141 Å². The summed E-state index contributed by atoms with van der Waals surface area (Å²) in [7, 11) is 0. The fraction of sp³-hybridized carbons (Fsp3) is 0.444. The summed E-state index contributed by atoms with van der Waals surface area (Å²) in [6.45, 7) is 4.89. The summed E-state index contributed by atoms with van der Waals surface area (Å²) in [6, 6.07) is 9.68. The highest BCUT2D eigenvalue weighted by atomic mass is 16.5. The number of quaternary nitrogens is 1. The molecule has 0 saturated heterocycles. The fourth-order valence-electron chi connectivity index (χ4n) is 3.12. The smallest absolute Gasteiger partial charge is 0.260 e. The molecule has 2 aromatic rings. The van der Waals surface area contributed by atoms with E-state index in [1.807, 2.05) is 37.3 Å². The lowest BCUT2D eigenvalue weighted by Gasteiger charge is -2.26. The van der Waals surface area contributed by atoms with E-state index in [0.29, 0.717) is 32.1 Å². The lowest BCUT2D eigenvalue weighted by Crippen LogP contribution is -3.13. The number of hydrogen-bond acceptors (Lipinski definition) is 4. The number of aliphatic hydroxyl groups is 1. The minimum absolute atomic E-state index is 0.0737. The van der Waals surface area contributed by atoms with Crippen LogP contribution < -0.4 is 10.5 Å². The molecule has 0 saturated carbocycles. The zero-order valence-corrected chi connectivity index (χ0v) is 13.9. The second-order valence-electron chi connectivity index (χ2n) is 6.15. The number of aromatic nitrogens is 2. The van der Waals surface area contributed by atoms with Crippen LogP contribution in [0.25, 0.3) is 11.4 Å². The molecule has 0 amide bonds. The van der Waals surface area contributed by atoms with E-state index in [2.05, 4.69) is 9.97 Å². The van der Waals surface area contributed by atoms with Crippen molar-refractivity contribution in [1.82, 2.24) is 9.97 Å². The van der Waals surface area contributed by atoms with Crippen LogP contribution in [0.5, 0.6) is 0 Å². The van der Waals surface area contributed by atoms with E-state index in [1.165, 1.54) is 4.90 Å². The molecule has 1 aliphatic rings. The molecule has 1 aromatic carbocycles. The Bertz CT molecular complexity index is 730. The van der Waals surface area contributed by atoms with Gasteiger partial charge in [0.1, 0.15) is 25.0 Å².